The number of rotatable bonds is 5. The van der Waals surface area contributed by atoms with Crippen LogP contribution in [0.15, 0.2) is 11.4 Å². The summed E-state index contributed by atoms with van der Waals surface area (Å²) in [5, 5.41) is 8.29. The molecule has 0 aliphatic heterocycles. The molecule has 2 fully saturated rings. The van der Waals surface area contributed by atoms with Gasteiger partial charge in [-0.15, -0.1) is 5.10 Å². The fraction of sp³-hybridized carbons (Fsp3) is 0.600. The topological polar surface area (TPSA) is 90.6 Å². The van der Waals surface area contributed by atoms with Crippen molar-refractivity contribution >= 4 is 9.84 Å². The molecule has 0 bridgehead atoms. The molecule has 122 valence electrons. The standard InChI is InChI=1S/C15H19N5O2S/c1-20-12(7-9-3-4-9)14(18-19-20)13-11(10-5-6-10)8-16-15(17-13)23(2,21)22/h8-10H,3-7H2,1-2H3. The van der Waals surface area contributed by atoms with Gasteiger partial charge in [-0.05, 0) is 43.9 Å². The maximum atomic E-state index is 11.8. The maximum absolute atomic E-state index is 11.8. The summed E-state index contributed by atoms with van der Waals surface area (Å²) in [5.41, 5.74) is 3.39. The number of aryl methyl sites for hydroxylation is 1. The molecule has 2 aromatic heterocycles. The van der Waals surface area contributed by atoms with Crippen molar-refractivity contribution in [1.29, 1.82) is 0 Å². The van der Waals surface area contributed by atoms with Gasteiger partial charge in [0.2, 0.25) is 15.0 Å². The first-order chi connectivity index (χ1) is 10.9. The zero-order chi connectivity index (χ0) is 16.2. The average molecular weight is 333 g/mol. The van der Waals surface area contributed by atoms with Gasteiger partial charge in [-0.1, -0.05) is 5.21 Å². The van der Waals surface area contributed by atoms with E-state index in [9.17, 15) is 8.42 Å². The number of aromatic nitrogens is 5. The summed E-state index contributed by atoms with van der Waals surface area (Å²) >= 11 is 0. The van der Waals surface area contributed by atoms with Gasteiger partial charge in [-0.25, -0.2) is 18.4 Å². The van der Waals surface area contributed by atoms with E-state index in [0.29, 0.717) is 23.2 Å². The van der Waals surface area contributed by atoms with Crippen LogP contribution in [0.5, 0.6) is 0 Å². The second-order valence-corrected chi connectivity index (χ2v) is 8.57. The highest BCUT2D eigenvalue weighted by Gasteiger charge is 2.32. The Balaban J connectivity index is 1.86. The zero-order valence-electron chi connectivity index (χ0n) is 13.2. The summed E-state index contributed by atoms with van der Waals surface area (Å²) in [6.45, 7) is 0. The van der Waals surface area contributed by atoms with E-state index < -0.39 is 9.84 Å². The van der Waals surface area contributed by atoms with Gasteiger partial charge in [0.25, 0.3) is 0 Å². The van der Waals surface area contributed by atoms with Crippen LogP contribution in [0.25, 0.3) is 11.4 Å². The largest absolute Gasteiger partial charge is 0.252 e. The number of sulfone groups is 1. The molecule has 8 heteroatoms. The summed E-state index contributed by atoms with van der Waals surface area (Å²) in [4.78, 5) is 8.42. The van der Waals surface area contributed by atoms with Crippen LogP contribution < -0.4 is 0 Å². The Morgan fingerprint density at radius 3 is 2.57 bits per heavy atom. The minimum Gasteiger partial charge on any atom is -0.252 e. The monoisotopic (exact) mass is 333 g/mol. The van der Waals surface area contributed by atoms with Gasteiger partial charge in [0, 0.05) is 25.1 Å². The lowest BCUT2D eigenvalue weighted by Gasteiger charge is -2.09. The fourth-order valence-corrected chi connectivity index (χ4v) is 3.32. The van der Waals surface area contributed by atoms with Crippen LogP contribution in [0, 0.1) is 5.92 Å². The third-order valence-electron chi connectivity index (χ3n) is 4.49. The number of hydrogen-bond donors (Lipinski definition) is 0. The van der Waals surface area contributed by atoms with Crippen molar-refractivity contribution in [2.24, 2.45) is 13.0 Å². The summed E-state index contributed by atoms with van der Waals surface area (Å²) in [5.74, 6) is 1.10. The molecule has 2 saturated carbocycles. The molecule has 0 unspecified atom stereocenters. The third-order valence-corrected chi connectivity index (χ3v) is 5.35. The summed E-state index contributed by atoms with van der Waals surface area (Å²) in [6.07, 6.45) is 8.36. The predicted octanol–water partition coefficient (Wildman–Crippen LogP) is 1.51. The van der Waals surface area contributed by atoms with Gasteiger partial charge in [0.1, 0.15) is 11.4 Å². The van der Waals surface area contributed by atoms with E-state index in [2.05, 4.69) is 20.3 Å². The van der Waals surface area contributed by atoms with Crippen LogP contribution in [0.1, 0.15) is 42.9 Å². The van der Waals surface area contributed by atoms with E-state index in [-0.39, 0.29) is 5.16 Å². The Hall–Kier alpha value is -1.83. The Labute approximate surface area is 135 Å². The van der Waals surface area contributed by atoms with Crippen LogP contribution >= 0.6 is 0 Å². The van der Waals surface area contributed by atoms with Crippen molar-refractivity contribution in [2.45, 2.75) is 43.2 Å². The lowest BCUT2D eigenvalue weighted by Crippen LogP contribution is -2.08. The van der Waals surface area contributed by atoms with Crippen LogP contribution in [-0.4, -0.2) is 39.6 Å². The first-order valence-electron chi connectivity index (χ1n) is 7.89. The third kappa shape index (κ3) is 2.87. The van der Waals surface area contributed by atoms with E-state index in [1.807, 2.05) is 7.05 Å². The molecular formula is C15H19N5O2S. The number of hydrogen-bond acceptors (Lipinski definition) is 6. The Morgan fingerprint density at radius 1 is 1.22 bits per heavy atom. The van der Waals surface area contributed by atoms with E-state index >= 15 is 0 Å². The molecule has 2 aromatic rings. The van der Waals surface area contributed by atoms with Gasteiger partial charge in [0.05, 0.1) is 5.69 Å². The molecule has 0 N–H and O–H groups in total. The smallest absolute Gasteiger partial charge is 0.247 e. The van der Waals surface area contributed by atoms with E-state index in [0.717, 1.165) is 36.8 Å². The second-order valence-electron chi connectivity index (χ2n) is 6.66. The second kappa shape index (κ2) is 5.09. The zero-order valence-corrected chi connectivity index (χ0v) is 14.0. The van der Waals surface area contributed by atoms with Gasteiger partial charge in [-0.3, -0.25) is 4.68 Å². The molecular weight excluding hydrogens is 314 g/mol. The van der Waals surface area contributed by atoms with Crippen LogP contribution in [0.2, 0.25) is 0 Å². The fourth-order valence-electron chi connectivity index (χ4n) is 2.82. The van der Waals surface area contributed by atoms with Crippen molar-refractivity contribution in [3.8, 4) is 11.4 Å². The molecule has 2 aliphatic carbocycles. The van der Waals surface area contributed by atoms with E-state index in [1.165, 1.54) is 12.8 Å². The maximum Gasteiger partial charge on any atom is 0.247 e. The molecule has 0 spiro atoms. The lowest BCUT2D eigenvalue weighted by molar-refractivity contribution is 0.592. The van der Waals surface area contributed by atoms with Crippen LogP contribution in [0.3, 0.4) is 0 Å². The van der Waals surface area contributed by atoms with Crippen molar-refractivity contribution in [1.82, 2.24) is 25.0 Å². The molecule has 0 saturated heterocycles. The summed E-state index contributed by atoms with van der Waals surface area (Å²) in [6, 6.07) is 0. The van der Waals surface area contributed by atoms with E-state index in [1.54, 1.807) is 10.9 Å². The molecule has 0 radical (unpaired) electrons. The Bertz CT molecular complexity index is 866. The minimum absolute atomic E-state index is 0.139. The van der Waals surface area contributed by atoms with Crippen molar-refractivity contribution < 1.29 is 8.42 Å². The summed E-state index contributed by atoms with van der Waals surface area (Å²) in [7, 11) is -1.57. The van der Waals surface area contributed by atoms with Gasteiger partial charge >= 0.3 is 0 Å². The molecule has 2 heterocycles. The summed E-state index contributed by atoms with van der Waals surface area (Å²) < 4.78 is 25.4. The molecule has 7 nitrogen and oxygen atoms in total. The molecule has 2 aliphatic rings. The molecule has 23 heavy (non-hydrogen) atoms. The first kappa shape index (κ1) is 14.7. The predicted molar refractivity (Wildman–Crippen MR) is 83.5 cm³/mol. The average Bonchev–Trinajstić information content (AvgIpc) is 3.39. The van der Waals surface area contributed by atoms with Gasteiger partial charge < -0.3 is 0 Å². The molecule has 0 amide bonds. The lowest BCUT2D eigenvalue weighted by atomic mass is 10.1. The highest BCUT2D eigenvalue weighted by molar-refractivity contribution is 7.90. The van der Waals surface area contributed by atoms with Crippen molar-refractivity contribution in [3.63, 3.8) is 0 Å². The first-order valence-corrected chi connectivity index (χ1v) is 9.78. The van der Waals surface area contributed by atoms with Gasteiger partial charge in [0.15, 0.2) is 0 Å². The SMILES string of the molecule is Cn1nnc(-c2nc(S(C)(=O)=O)ncc2C2CC2)c1CC1CC1. The Kier molecular flexibility index (Phi) is 3.26. The normalized spacial score (nSPS) is 18.3. The molecule has 4 rings (SSSR count). The molecule has 0 aromatic carbocycles. The van der Waals surface area contributed by atoms with Crippen LogP contribution in [0.4, 0.5) is 0 Å². The minimum atomic E-state index is -3.45. The molecule has 0 atom stereocenters. The number of nitrogens with zero attached hydrogens (tertiary/aromatic N) is 5. The highest BCUT2D eigenvalue weighted by Crippen LogP contribution is 2.44. The van der Waals surface area contributed by atoms with Crippen molar-refractivity contribution in [3.05, 3.63) is 17.5 Å². The van der Waals surface area contributed by atoms with E-state index in [4.69, 9.17) is 0 Å². The quantitative estimate of drug-likeness (QED) is 0.770. The Morgan fingerprint density at radius 2 is 1.96 bits per heavy atom. The highest BCUT2D eigenvalue weighted by atomic mass is 32.2. The van der Waals surface area contributed by atoms with Gasteiger partial charge in [-0.2, -0.15) is 0 Å². The van der Waals surface area contributed by atoms with Crippen LogP contribution in [-0.2, 0) is 23.3 Å². The van der Waals surface area contributed by atoms with Crippen molar-refractivity contribution in [2.75, 3.05) is 6.26 Å².